The van der Waals surface area contributed by atoms with Crippen LogP contribution >= 0.6 is 11.8 Å². The second-order valence-corrected chi connectivity index (χ2v) is 10.5. The molecule has 2 saturated carbocycles. The van der Waals surface area contributed by atoms with Crippen molar-refractivity contribution in [1.29, 1.82) is 0 Å². The Kier molecular flexibility index (Phi) is 9.95. The number of aliphatic hydroxyl groups excluding tert-OH is 2. The highest BCUT2D eigenvalue weighted by Crippen LogP contribution is 2.51. The third-order valence-corrected chi connectivity index (χ3v) is 7.94. The minimum atomic E-state index is -0.381. The van der Waals surface area contributed by atoms with Crippen molar-refractivity contribution in [3.05, 3.63) is 42.5 Å². The summed E-state index contributed by atoms with van der Waals surface area (Å²) in [5, 5.41) is 23.7. The number of hydrogen-bond donors (Lipinski definition) is 3. The van der Waals surface area contributed by atoms with E-state index < -0.39 is 0 Å². The molecule has 0 spiro atoms. The highest BCUT2D eigenvalue weighted by molar-refractivity contribution is 7.99. The number of aliphatic hydroxyl groups is 2. The maximum absolute atomic E-state index is 12.1. The van der Waals surface area contributed by atoms with E-state index in [2.05, 4.69) is 18.3 Å². The largest absolute Gasteiger partial charge is 0.392 e. The number of benzene rings is 1. The van der Waals surface area contributed by atoms with Crippen molar-refractivity contribution in [1.82, 2.24) is 0 Å². The molecule has 1 aromatic rings. The molecular formula is C26H39NO3S. The molecule has 0 aliphatic heterocycles. The molecule has 0 saturated heterocycles. The van der Waals surface area contributed by atoms with E-state index in [4.69, 9.17) is 0 Å². The molecule has 3 N–H and O–H groups in total. The van der Waals surface area contributed by atoms with Gasteiger partial charge in [-0.15, -0.1) is 0 Å². The van der Waals surface area contributed by atoms with Gasteiger partial charge in [-0.2, -0.15) is 11.8 Å². The number of amides is 1. The molecule has 5 heteroatoms. The van der Waals surface area contributed by atoms with Crippen LogP contribution in [-0.2, 0) is 4.79 Å². The molecule has 1 aromatic carbocycles. The zero-order chi connectivity index (χ0) is 22.1. The van der Waals surface area contributed by atoms with Crippen LogP contribution in [0.25, 0.3) is 0 Å². The average molecular weight is 446 g/mol. The van der Waals surface area contributed by atoms with Crippen molar-refractivity contribution >= 4 is 23.4 Å². The summed E-state index contributed by atoms with van der Waals surface area (Å²) in [5.41, 5.74) is 0.852. The van der Waals surface area contributed by atoms with Crippen LogP contribution in [0.4, 0.5) is 5.69 Å². The first kappa shape index (κ1) is 24.3. The number of rotatable bonds is 12. The van der Waals surface area contributed by atoms with Crippen molar-refractivity contribution in [2.24, 2.45) is 23.7 Å². The topological polar surface area (TPSA) is 69.6 Å². The number of para-hydroxylation sites is 1. The van der Waals surface area contributed by atoms with E-state index in [1.807, 2.05) is 36.4 Å². The summed E-state index contributed by atoms with van der Waals surface area (Å²) in [5.74, 6) is 3.60. The molecule has 0 bridgehead atoms. The molecule has 3 rings (SSSR count). The second-order valence-electron chi connectivity index (χ2n) is 9.35. The van der Waals surface area contributed by atoms with E-state index in [0.29, 0.717) is 23.5 Å². The number of hydrogen-bond acceptors (Lipinski definition) is 4. The zero-order valence-electron chi connectivity index (χ0n) is 18.8. The van der Waals surface area contributed by atoms with E-state index in [-0.39, 0.29) is 24.0 Å². The number of unbranched alkanes of at least 4 members (excludes halogenated alkanes) is 2. The van der Waals surface area contributed by atoms with Gasteiger partial charge in [-0.1, -0.05) is 56.5 Å². The van der Waals surface area contributed by atoms with Crippen LogP contribution in [0.2, 0.25) is 0 Å². The van der Waals surface area contributed by atoms with Crippen LogP contribution in [0.15, 0.2) is 42.5 Å². The predicted molar refractivity (Wildman–Crippen MR) is 130 cm³/mol. The van der Waals surface area contributed by atoms with E-state index in [9.17, 15) is 15.0 Å². The molecule has 31 heavy (non-hydrogen) atoms. The minimum Gasteiger partial charge on any atom is -0.392 e. The lowest BCUT2D eigenvalue weighted by atomic mass is 9.89. The fraction of sp³-hybridized carbons (Fsp3) is 0.654. The Morgan fingerprint density at radius 2 is 2.03 bits per heavy atom. The van der Waals surface area contributed by atoms with Gasteiger partial charge >= 0.3 is 0 Å². The quantitative estimate of drug-likeness (QED) is 0.303. The standard InChI is InChI=1S/C26H39NO3S/c1-2-3-5-10-22(28)11-12-23-24-16-19(15-20(24)17-25(23)29)13-14-31-18-26(30)27-21-8-6-4-7-9-21/h4,6-9,11-12,19-20,22-25,28-29H,2-3,5,10,13-18H2,1H3,(H,27,30)/t19?,20-,22?,23-,24+,25-/m0/s1. The number of carbonyl (C=O) groups excluding carboxylic acids is 1. The monoisotopic (exact) mass is 445 g/mol. The maximum atomic E-state index is 12.1. The molecule has 2 fully saturated rings. The molecule has 4 nitrogen and oxygen atoms in total. The van der Waals surface area contributed by atoms with Crippen LogP contribution < -0.4 is 5.32 Å². The first-order valence-corrected chi connectivity index (χ1v) is 13.2. The van der Waals surface area contributed by atoms with Crippen molar-refractivity contribution in [3.63, 3.8) is 0 Å². The third-order valence-electron chi connectivity index (χ3n) is 6.95. The van der Waals surface area contributed by atoms with Crippen molar-refractivity contribution < 1.29 is 15.0 Å². The zero-order valence-corrected chi connectivity index (χ0v) is 19.6. The number of anilines is 1. The first-order chi connectivity index (χ1) is 15.1. The van der Waals surface area contributed by atoms with Crippen LogP contribution in [0.3, 0.4) is 0 Å². The van der Waals surface area contributed by atoms with Gasteiger partial charge in [0.2, 0.25) is 5.91 Å². The Hall–Kier alpha value is -1.30. The van der Waals surface area contributed by atoms with E-state index in [1.54, 1.807) is 11.8 Å². The van der Waals surface area contributed by atoms with Gasteiger partial charge in [-0.3, -0.25) is 4.79 Å². The smallest absolute Gasteiger partial charge is 0.234 e. The summed E-state index contributed by atoms with van der Waals surface area (Å²) in [6.45, 7) is 2.17. The Morgan fingerprint density at radius 1 is 1.23 bits per heavy atom. The number of thioether (sulfide) groups is 1. The van der Waals surface area contributed by atoms with Crippen molar-refractivity contribution in [2.75, 3.05) is 16.8 Å². The number of nitrogens with one attached hydrogen (secondary N) is 1. The molecule has 2 aliphatic carbocycles. The van der Waals surface area contributed by atoms with Gasteiger partial charge in [-0.05, 0) is 67.7 Å². The van der Waals surface area contributed by atoms with Gasteiger partial charge in [0, 0.05) is 11.6 Å². The number of carbonyl (C=O) groups is 1. The van der Waals surface area contributed by atoms with Crippen molar-refractivity contribution in [2.45, 2.75) is 70.5 Å². The van der Waals surface area contributed by atoms with Crippen LogP contribution in [-0.4, -0.2) is 39.8 Å². The molecule has 2 unspecified atom stereocenters. The Bertz CT molecular complexity index is 695. The highest BCUT2D eigenvalue weighted by atomic mass is 32.2. The van der Waals surface area contributed by atoms with Gasteiger partial charge in [0.15, 0.2) is 0 Å². The average Bonchev–Trinajstić information content (AvgIpc) is 3.27. The third kappa shape index (κ3) is 7.65. The number of fused-ring (bicyclic) bond motifs is 1. The van der Waals surface area contributed by atoms with E-state index in [0.717, 1.165) is 43.5 Å². The lowest BCUT2D eigenvalue weighted by Gasteiger charge is -2.19. The molecule has 0 heterocycles. The fourth-order valence-electron chi connectivity index (χ4n) is 5.37. The van der Waals surface area contributed by atoms with Crippen molar-refractivity contribution in [3.8, 4) is 0 Å². The molecule has 2 aliphatic rings. The van der Waals surface area contributed by atoms with Crippen LogP contribution in [0.5, 0.6) is 0 Å². The summed E-state index contributed by atoms with van der Waals surface area (Å²) in [6.07, 6.45) is 12.0. The predicted octanol–water partition coefficient (Wildman–Crippen LogP) is 5.27. The summed E-state index contributed by atoms with van der Waals surface area (Å²) in [6, 6.07) is 9.60. The lowest BCUT2D eigenvalue weighted by Crippen LogP contribution is -2.18. The van der Waals surface area contributed by atoms with Crippen LogP contribution in [0, 0.1) is 23.7 Å². The summed E-state index contributed by atoms with van der Waals surface area (Å²) < 4.78 is 0. The molecule has 6 atom stereocenters. The highest BCUT2D eigenvalue weighted by Gasteiger charge is 2.46. The van der Waals surface area contributed by atoms with Gasteiger partial charge in [-0.25, -0.2) is 0 Å². The van der Waals surface area contributed by atoms with Gasteiger partial charge in [0.1, 0.15) is 0 Å². The first-order valence-electron chi connectivity index (χ1n) is 12.0. The normalized spacial score (nSPS) is 28.7. The Morgan fingerprint density at radius 3 is 2.81 bits per heavy atom. The molecular weight excluding hydrogens is 406 g/mol. The molecule has 0 radical (unpaired) electrons. The maximum Gasteiger partial charge on any atom is 0.234 e. The van der Waals surface area contributed by atoms with Crippen LogP contribution in [0.1, 0.15) is 58.3 Å². The molecule has 1 amide bonds. The lowest BCUT2D eigenvalue weighted by molar-refractivity contribution is -0.113. The second kappa shape index (κ2) is 12.7. The molecule has 172 valence electrons. The van der Waals surface area contributed by atoms with Gasteiger partial charge in [0.25, 0.3) is 0 Å². The van der Waals surface area contributed by atoms with Gasteiger partial charge in [0.05, 0.1) is 18.0 Å². The summed E-state index contributed by atoms with van der Waals surface area (Å²) in [4.78, 5) is 12.1. The SMILES string of the molecule is CCCCCC(O)C=C[C@H]1[C@@H]2CC(CCSCC(=O)Nc3ccccc3)C[C@H]2C[C@@H]1O. The Balaban J connectivity index is 1.35. The summed E-state index contributed by atoms with van der Waals surface area (Å²) in [7, 11) is 0. The Labute approximate surface area is 191 Å². The summed E-state index contributed by atoms with van der Waals surface area (Å²) >= 11 is 1.71. The fourth-order valence-corrected chi connectivity index (χ4v) is 6.27. The minimum absolute atomic E-state index is 0.0605. The van der Waals surface area contributed by atoms with E-state index >= 15 is 0 Å². The van der Waals surface area contributed by atoms with Gasteiger partial charge < -0.3 is 15.5 Å². The molecule has 0 aromatic heterocycles. The van der Waals surface area contributed by atoms with E-state index in [1.165, 1.54) is 19.3 Å².